The van der Waals surface area contributed by atoms with Gasteiger partial charge in [-0.3, -0.25) is 4.79 Å². The van der Waals surface area contributed by atoms with Gasteiger partial charge in [-0.05, 0) is 42.7 Å². The summed E-state index contributed by atoms with van der Waals surface area (Å²) in [6.07, 6.45) is 1.85. The number of aryl methyl sites for hydroxylation is 1. The number of hydrogen-bond acceptors (Lipinski definition) is 1. The van der Waals surface area contributed by atoms with Gasteiger partial charge in [0.2, 0.25) is 0 Å². The summed E-state index contributed by atoms with van der Waals surface area (Å²) in [6.45, 7) is 0.677. The molecule has 0 aliphatic carbocycles. The number of nitrogens with one attached hydrogen (secondary N) is 1. The lowest BCUT2D eigenvalue weighted by Crippen LogP contribution is -2.24. The van der Waals surface area contributed by atoms with E-state index in [0.29, 0.717) is 12.1 Å². The molecule has 19 heavy (non-hydrogen) atoms. The van der Waals surface area contributed by atoms with Gasteiger partial charge >= 0.3 is 0 Å². The van der Waals surface area contributed by atoms with Crippen LogP contribution in [0.2, 0.25) is 5.02 Å². The highest BCUT2D eigenvalue weighted by molar-refractivity contribution is 6.30. The fraction of sp³-hybridized carbons (Fsp3) is 0.188. The number of halogens is 1. The first-order valence-corrected chi connectivity index (χ1v) is 6.71. The van der Waals surface area contributed by atoms with Crippen LogP contribution < -0.4 is 5.32 Å². The Labute approximate surface area is 118 Å². The highest BCUT2D eigenvalue weighted by atomic mass is 35.5. The number of carbonyl (C=O) groups is 1. The summed E-state index contributed by atoms with van der Waals surface area (Å²) in [6, 6.07) is 17.1. The van der Waals surface area contributed by atoms with Crippen LogP contribution in [0.1, 0.15) is 22.3 Å². The third-order valence-electron chi connectivity index (χ3n) is 2.88. The van der Waals surface area contributed by atoms with Crippen LogP contribution in [0.5, 0.6) is 0 Å². The number of rotatable bonds is 5. The van der Waals surface area contributed by atoms with Gasteiger partial charge in [0.1, 0.15) is 0 Å². The number of carbonyl (C=O) groups excluding carboxylic acids is 1. The van der Waals surface area contributed by atoms with Crippen molar-refractivity contribution in [1.82, 2.24) is 5.32 Å². The Bertz CT molecular complexity index is 522. The predicted octanol–water partition coefficient (Wildman–Crippen LogP) is 3.70. The van der Waals surface area contributed by atoms with Crippen molar-refractivity contribution in [3.05, 3.63) is 70.7 Å². The Morgan fingerprint density at radius 2 is 1.68 bits per heavy atom. The molecule has 0 aromatic heterocycles. The van der Waals surface area contributed by atoms with E-state index < -0.39 is 0 Å². The average Bonchev–Trinajstić information content (AvgIpc) is 2.46. The van der Waals surface area contributed by atoms with Crippen LogP contribution in [-0.2, 0) is 6.42 Å². The maximum absolute atomic E-state index is 11.8. The lowest BCUT2D eigenvalue weighted by molar-refractivity contribution is 0.0953. The Kier molecular flexibility index (Phi) is 4.99. The zero-order valence-electron chi connectivity index (χ0n) is 10.6. The summed E-state index contributed by atoms with van der Waals surface area (Å²) >= 11 is 5.83. The Hall–Kier alpha value is -1.80. The summed E-state index contributed by atoms with van der Waals surface area (Å²) in [5.74, 6) is -0.0169. The molecule has 0 bridgehead atoms. The molecule has 0 radical (unpaired) electrons. The van der Waals surface area contributed by atoms with E-state index >= 15 is 0 Å². The monoisotopic (exact) mass is 273 g/mol. The summed E-state index contributed by atoms with van der Waals surface area (Å²) in [5.41, 5.74) is 1.94. The van der Waals surface area contributed by atoms with Crippen molar-refractivity contribution in [2.24, 2.45) is 0 Å². The molecule has 1 amide bonds. The molecule has 3 heteroatoms. The van der Waals surface area contributed by atoms with Gasteiger partial charge in [0.05, 0.1) is 0 Å². The average molecular weight is 274 g/mol. The van der Waals surface area contributed by atoms with Gasteiger partial charge in [0.15, 0.2) is 0 Å². The molecule has 0 saturated heterocycles. The van der Waals surface area contributed by atoms with Gasteiger partial charge < -0.3 is 5.32 Å². The minimum Gasteiger partial charge on any atom is -0.352 e. The number of amides is 1. The zero-order chi connectivity index (χ0) is 13.5. The fourth-order valence-corrected chi connectivity index (χ4v) is 1.96. The molecule has 2 rings (SSSR count). The second-order valence-electron chi connectivity index (χ2n) is 4.35. The van der Waals surface area contributed by atoms with Crippen molar-refractivity contribution >= 4 is 17.5 Å². The second kappa shape index (κ2) is 6.95. The van der Waals surface area contributed by atoms with E-state index in [-0.39, 0.29) is 5.91 Å². The molecule has 0 heterocycles. The van der Waals surface area contributed by atoms with Gasteiger partial charge in [-0.15, -0.1) is 0 Å². The molecule has 0 saturated carbocycles. The molecule has 98 valence electrons. The van der Waals surface area contributed by atoms with Crippen LogP contribution in [0.25, 0.3) is 0 Å². The van der Waals surface area contributed by atoms with Crippen molar-refractivity contribution in [2.45, 2.75) is 12.8 Å². The van der Waals surface area contributed by atoms with Crippen molar-refractivity contribution in [3.63, 3.8) is 0 Å². The van der Waals surface area contributed by atoms with E-state index in [1.54, 1.807) is 0 Å². The van der Waals surface area contributed by atoms with E-state index in [0.717, 1.165) is 17.9 Å². The van der Waals surface area contributed by atoms with Crippen LogP contribution in [0.15, 0.2) is 54.6 Å². The maximum atomic E-state index is 11.8. The van der Waals surface area contributed by atoms with Gasteiger partial charge in [-0.2, -0.15) is 0 Å². The smallest absolute Gasteiger partial charge is 0.251 e. The fourth-order valence-electron chi connectivity index (χ4n) is 1.84. The molecule has 0 unspecified atom stereocenters. The number of benzene rings is 2. The Balaban J connectivity index is 1.72. The highest BCUT2D eigenvalue weighted by Gasteiger charge is 2.02. The molecule has 2 aromatic carbocycles. The summed E-state index contributed by atoms with van der Waals surface area (Å²) < 4.78 is 0. The number of hydrogen-bond donors (Lipinski definition) is 1. The van der Waals surface area contributed by atoms with Crippen molar-refractivity contribution in [1.29, 1.82) is 0 Å². The summed E-state index contributed by atoms with van der Waals surface area (Å²) in [4.78, 5) is 11.8. The van der Waals surface area contributed by atoms with Crippen LogP contribution in [0.4, 0.5) is 0 Å². The van der Waals surface area contributed by atoms with Crippen molar-refractivity contribution in [3.8, 4) is 0 Å². The Morgan fingerprint density at radius 3 is 2.37 bits per heavy atom. The molecule has 2 aromatic rings. The minimum absolute atomic E-state index is 0.0169. The van der Waals surface area contributed by atoms with E-state index in [9.17, 15) is 4.79 Å². The van der Waals surface area contributed by atoms with Gasteiger partial charge in [-0.25, -0.2) is 0 Å². The van der Waals surface area contributed by atoms with Crippen LogP contribution in [-0.4, -0.2) is 12.5 Å². The van der Waals surface area contributed by atoms with Crippen molar-refractivity contribution in [2.75, 3.05) is 6.54 Å². The van der Waals surface area contributed by atoms with E-state index in [4.69, 9.17) is 11.6 Å². The van der Waals surface area contributed by atoms with E-state index in [2.05, 4.69) is 5.32 Å². The normalized spacial score (nSPS) is 10.2. The van der Waals surface area contributed by atoms with E-state index in [1.807, 2.05) is 54.6 Å². The largest absolute Gasteiger partial charge is 0.352 e. The predicted molar refractivity (Wildman–Crippen MR) is 78.5 cm³/mol. The molecule has 1 N–H and O–H groups in total. The third kappa shape index (κ3) is 4.42. The molecular weight excluding hydrogens is 258 g/mol. The zero-order valence-corrected chi connectivity index (χ0v) is 11.4. The molecule has 2 nitrogen and oxygen atoms in total. The van der Waals surface area contributed by atoms with Crippen LogP contribution in [0.3, 0.4) is 0 Å². The molecular formula is C16H16ClNO. The quantitative estimate of drug-likeness (QED) is 0.827. The molecule has 0 spiro atoms. The lowest BCUT2D eigenvalue weighted by Gasteiger charge is -2.05. The molecule has 0 fully saturated rings. The third-order valence-corrected chi connectivity index (χ3v) is 3.13. The molecule has 0 atom stereocenters. The lowest BCUT2D eigenvalue weighted by atomic mass is 10.1. The van der Waals surface area contributed by atoms with E-state index in [1.165, 1.54) is 5.56 Å². The maximum Gasteiger partial charge on any atom is 0.251 e. The highest BCUT2D eigenvalue weighted by Crippen LogP contribution is 2.10. The molecule has 0 aliphatic heterocycles. The Morgan fingerprint density at radius 1 is 1.00 bits per heavy atom. The van der Waals surface area contributed by atoms with Gasteiger partial charge in [0, 0.05) is 17.1 Å². The topological polar surface area (TPSA) is 29.1 Å². The standard InChI is InChI=1S/C16H16ClNO/c17-15-10-8-13(9-11-15)5-4-12-18-16(19)14-6-2-1-3-7-14/h1-3,6-11H,4-5,12H2,(H,18,19). The minimum atomic E-state index is -0.0169. The second-order valence-corrected chi connectivity index (χ2v) is 4.79. The van der Waals surface area contributed by atoms with Crippen LogP contribution in [0, 0.1) is 0 Å². The summed E-state index contributed by atoms with van der Waals surface area (Å²) in [7, 11) is 0. The van der Waals surface area contributed by atoms with Crippen molar-refractivity contribution < 1.29 is 4.79 Å². The summed E-state index contributed by atoms with van der Waals surface area (Å²) in [5, 5.41) is 3.67. The van der Waals surface area contributed by atoms with Crippen LogP contribution >= 0.6 is 11.6 Å². The first-order valence-electron chi connectivity index (χ1n) is 6.33. The molecule has 0 aliphatic rings. The van der Waals surface area contributed by atoms with Gasteiger partial charge in [0.25, 0.3) is 5.91 Å². The first-order chi connectivity index (χ1) is 9.25. The first kappa shape index (κ1) is 13.6. The SMILES string of the molecule is O=C(NCCCc1ccc(Cl)cc1)c1ccccc1. The van der Waals surface area contributed by atoms with Gasteiger partial charge in [-0.1, -0.05) is 41.9 Å².